The molecule has 0 saturated heterocycles. The summed E-state index contributed by atoms with van der Waals surface area (Å²) >= 11 is 0. The van der Waals surface area contributed by atoms with Crippen molar-refractivity contribution >= 4 is 19.8 Å². The molecule has 3 fully saturated rings. The van der Waals surface area contributed by atoms with Crippen LogP contribution in [0.3, 0.4) is 0 Å². The molecule has 36 heavy (non-hydrogen) atoms. The molecule has 0 radical (unpaired) electrons. The third kappa shape index (κ3) is 3.44. The first-order valence-electron chi connectivity index (χ1n) is 13.7. The number of carbonyl (C=O) groups is 1. The second kappa shape index (κ2) is 8.34. The molecule has 3 N–H and O–H groups in total. The zero-order valence-corrected chi connectivity index (χ0v) is 24.7. The van der Waals surface area contributed by atoms with Gasteiger partial charge in [-0.05, 0) is 86.6 Å². The van der Waals surface area contributed by atoms with Gasteiger partial charge in [-0.15, -0.1) is 0 Å². The zero-order valence-electron chi connectivity index (χ0n) is 23.7. The highest BCUT2D eigenvalue weighted by Gasteiger charge is 2.74. The van der Waals surface area contributed by atoms with E-state index in [1.165, 1.54) is 0 Å². The summed E-state index contributed by atoms with van der Waals surface area (Å²) in [7, 11) is -2.16. The van der Waals surface area contributed by atoms with Crippen LogP contribution in [-0.4, -0.2) is 42.8 Å². The van der Waals surface area contributed by atoms with Gasteiger partial charge in [0.2, 0.25) is 0 Å². The van der Waals surface area contributed by atoms with Crippen molar-refractivity contribution in [2.75, 3.05) is 6.61 Å². The van der Waals surface area contributed by atoms with E-state index < -0.39 is 30.4 Å². The molecule has 0 amide bonds. The van der Waals surface area contributed by atoms with Crippen LogP contribution in [0.4, 0.5) is 4.39 Å². The SMILES string of the molecule is C[C@@H]1C[C@H]2[C@@H]3CCC4=C/C(=N/N)C=C[C@]4(C)[C@@]3(F)[C@@H](C)C[C@]2(C)[C@@]1(O)C(=O)CO[Si](C)(C)C(C)(C)C. The third-order valence-corrected chi connectivity index (χ3v) is 16.0. The highest BCUT2D eigenvalue weighted by atomic mass is 28.4. The van der Waals surface area contributed by atoms with Gasteiger partial charge in [-0.2, -0.15) is 5.10 Å². The number of ketones is 1. The summed E-state index contributed by atoms with van der Waals surface area (Å²) in [6, 6.07) is 0. The van der Waals surface area contributed by atoms with Crippen LogP contribution < -0.4 is 5.84 Å². The first-order valence-corrected chi connectivity index (χ1v) is 16.6. The van der Waals surface area contributed by atoms with Crippen molar-refractivity contribution in [3.05, 3.63) is 23.8 Å². The van der Waals surface area contributed by atoms with Gasteiger partial charge >= 0.3 is 0 Å². The Morgan fingerprint density at radius 3 is 2.47 bits per heavy atom. The largest absolute Gasteiger partial charge is 0.409 e. The molecular formula is C29H47FN2O3Si. The van der Waals surface area contributed by atoms with E-state index in [-0.39, 0.29) is 41.1 Å². The Hall–Kier alpha value is -1.31. The molecule has 3 saturated carbocycles. The Balaban J connectivity index is 1.69. The molecule has 0 bridgehead atoms. The second-order valence-corrected chi connectivity index (χ2v) is 19.0. The predicted octanol–water partition coefficient (Wildman–Crippen LogP) is 5.95. The average molecular weight is 519 g/mol. The van der Waals surface area contributed by atoms with Crippen LogP contribution in [0.25, 0.3) is 0 Å². The molecule has 0 aliphatic heterocycles. The van der Waals surface area contributed by atoms with Crippen LogP contribution in [-0.2, 0) is 9.22 Å². The summed E-state index contributed by atoms with van der Waals surface area (Å²) in [6.45, 7) is 18.6. The lowest BCUT2D eigenvalue weighted by Gasteiger charge is -2.63. The minimum Gasteiger partial charge on any atom is -0.409 e. The topological polar surface area (TPSA) is 84.9 Å². The van der Waals surface area contributed by atoms with Crippen LogP contribution in [0.5, 0.6) is 0 Å². The molecule has 0 aromatic heterocycles. The number of fused-ring (bicyclic) bond motifs is 5. The molecule has 8 atom stereocenters. The zero-order chi connectivity index (χ0) is 27.1. The van der Waals surface area contributed by atoms with Crippen molar-refractivity contribution in [1.29, 1.82) is 0 Å². The van der Waals surface area contributed by atoms with Crippen LogP contribution in [0.2, 0.25) is 18.1 Å². The number of nitrogens with two attached hydrogens (primary N) is 1. The molecule has 7 heteroatoms. The van der Waals surface area contributed by atoms with Crippen molar-refractivity contribution in [3.8, 4) is 0 Å². The van der Waals surface area contributed by atoms with Gasteiger partial charge in [-0.1, -0.05) is 53.2 Å². The molecule has 202 valence electrons. The van der Waals surface area contributed by atoms with E-state index >= 15 is 4.39 Å². The second-order valence-electron chi connectivity index (χ2n) is 14.2. The normalized spacial score (nSPS) is 45.6. The Bertz CT molecular complexity index is 1030. The molecule has 4 aliphatic carbocycles. The van der Waals surface area contributed by atoms with Crippen molar-refractivity contribution in [2.45, 2.75) is 104 Å². The van der Waals surface area contributed by atoms with E-state index in [1.54, 1.807) is 0 Å². The lowest BCUT2D eigenvalue weighted by molar-refractivity contribution is -0.198. The Kier molecular flexibility index (Phi) is 6.42. The van der Waals surface area contributed by atoms with Gasteiger partial charge in [0.1, 0.15) is 11.3 Å². The minimum atomic E-state index is -2.16. The van der Waals surface area contributed by atoms with Crippen molar-refractivity contribution in [2.24, 2.45) is 45.4 Å². The number of carbonyl (C=O) groups excluding carboxylic acids is 1. The Morgan fingerprint density at radius 2 is 1.89 bits per heavy atom. The maximum Gasteiger partial charge on any atom is 0.192 e. The van der Waals surface area contributed by atoms with Crippen LogP contribution >= 0.6 is 0 Å². The fourth-order valence-corrected chi connectivity index (χ4v) is 9.25. The van der Waals surface area contributed by atoms with Crippen LogP contribution in [0.15, 0.2) is 28.9 Å². The Labute approximate surface area is 217 Å². The first-order chi connectivity index (χ1) is 16.4. The summed E-state index contributed by atoms with van der Waals surface area (Å²) in [5.74, 6) is 4.41. The number of hydrogen-bond acceptors (Lipinski definition) is 5. The minimum absolute atomic E-state index is 0.0262. The predicted molar refractivity (Wildman–Crippen MR) is 146 cm³/mol. The van der Waals surface area contributed by atoms with E-state index in [9.17, 15) is 9.90 Å². The van der Waals surface area contributed by atoms with E-state index in [0.717, 1.165) is 12.0 Å². The van der Waals surface area contributed by atoms with E-state index in [0.29, 0.717) is 25.0 Å². The highest BCUT2D eigenvalue weighted by Crippen LogP contribution is 2.72. The number of halogens is 1. The first kappa shape index (κ1) is 27.7. The van der Waals surface area contributed by atoms with Gasteiger partial charge in [0.25, 0.3) is 0 Å². The number of Topliss-reactive ketones (excluding diaryl/α,β-unsaturated/α-hetero) is 1. The number of alkyl halides is 1. The van der Waals surface area contributed by atoms with Gasteiger partial charge in [0.15, 0.2) is 14.1 Å². The number of rotatable bonds is 4. The highest BCUT2D eigenvalue weighted by molar-refractivity contribution is 6.74. The lowest BCUT2D eigenvalue weighted by atomic mass is 9.43. The molecule has 0 aromatic rings. The number of hydrazone groups is 1. The van der Waals surface area contributed by atoms with Crippen molar-refractivity contribution < 1.29 is 18.7 Å². The maximum absolute atomic E-state index is 17.6. The van der Waals surface area contributed by atoms with Crippen LogP contribution in [0, 0.1) is 34.5 Å². The molecule has 0 spiro atoms. The van der Waals surface area contributed by atoms with Gasteiger partial charge in [-0.3, -0.25) is 4.79 Å². The fourth-order valence-electron chi connectivity index (χ4n) is 8.32. The molecule has 0 aromatic carbocycles. The standard InChI is InChI=1S/C29H47FN2O3Si/c1-18-14-23-22-11-10-20-15-21(32-31)12-13-26(20,6)28(22,30)19(2)16-27(23,7)29(18,34)24(33)17-35-36(8,9)25(3,4)5/h12-13,15,18-19,22-23,34H,10-11,14,16-17,31H2,1-9H3/b32-21+/t18-,19+,22+,23+,26+,27+,28-,29+/m1/s1. The average Bonchev–Trinajstić information content (AvgIpc) is 2.98. The van der Waals surface area contributed by atoms with E-state index in [2.05, 4.69) is 39.0 Å². The molecule has 4 rings (SSSR count). The number of allylic oxidation sites excluding steroid dienone is 4. The molecule has 4 aliphatic rings. The van der Waals surface area contributed by atoms with Gasteiger partial charge < -0.3 is 15.4 Å². The van der Waals surface area contributed by atoms with E-state index in [4.69, 9.17) is 10.3 Å². The molecule has 0 unspecified atom stereocenters. The smallest absolute Gasteiger partial charge is 0.192 e. The summed E-state index contributed by atoms with van der Waals surface area (Å²) in [5.41, 5.74) is -2.71. The van der Waals surface area contributed by atoms with Gasteiger partial charge in [0.05, 0.1) is 12.3 Å². The molecule has 0 heterocycles. The lowest BCUT2D eigenvalue weighted by Crippen LogP contribution is -2.67. The quantitative estimate of drug-likeness (QED) is 0.274. The third-order valence-electron chi connectivity index (χ3n) is 11.5. The monoisotopic (exact) mass is 518 g/mol. The van der Waals surface area contributed by atoms with Crippen LogP contribution in [0.1, 0.15) is 74.1 Å². The summed E-state index contributed by atoms with van der Waals surface area (Å²) in [5, 5.41) is 16.0. The van der Waals surface area contributed by atoms with Crippen molar-refractivity contribution in [3.63, 3.8) is 0 Å². The summed E-state index contributed by atoms with van der Waals surface area (Å²) < 4.78 is 23.9. The Morgan fingerprint density at radius 1 is 1.25 bits per heavy atom. The van der Waals surface area contributed by atoms with Gasteiger partial charge in [-0.25, -0.2) is 4.39 Å². The molecule has 5 nitrogen and oxygen atoms in total. The molecular weight excluding hydrogens is 471 g/mol. The van der Waals surface area contributed by atoms with E-state index in [1.807, 2.05) is 45.9 Å². The summed E-state index contributed by atoms with van der Waals surface area (Å²) in [6.07, 6.45) is 8.33. The maximum atomic E-state index is 17.6. The summed E-state index contributed by atoms with van der Waals surface area (Å²) in [4.78, 5) is 13.8. The number of aliphatic hydroxyl groups is 1. The van der Waals surface area contributed by atoms with Gasteiger partial charge in [0, 0.05) is 10.8 Å². The number of hydrogen-bond donors (Lipinski definition) is 2. The van der Waals surface area contributed by atoms with Crippen molar-refractivity contribution in [1.82, 2.24) is 0 Å². The number of nitrogens with zero attached hydrogens (tertiary/aromatic N) is 1. The fraction of sp³-hybridized carbons (Fsp3) is 0.793.